The van der Waals surface area contributed by atoms with Gasteiger partial charge >= 0.3 is 12.2 Å². The molecule has 0 radical (unpaired) electrons. The van der Waals surface area contributed by atoms with Crippen molar-refractivity contribution >= 4 is 29.7 Å². The number of likely N-dealkylation sites (tertiary alicyclic amines) is 2. The molecule has 2 saturated heterocycles. The molecule has 4 amide bonds. The average Bonchev–Trinajstić information content (AvgIpc) is 3.82. The number of methoxy groups -OCH3 is 2. The second kappa shape index (κ2) is 16.2. The average molecular weight is 817 g/mol. The highest BCUT2D eigenvalue weighted by molar-refractivity contribution is 5.87. The van der Waals surface area contributed by atoms with Crippen LogP contribution in [0.2, 0.25) is 0 Å². The molecule has 2 saturated carbocycles. The molecule has 2 aliphatic carbocycles. The van der Waals surface area contributed by atoms with Gasteiger partial charge in [0.15, 0.2) is 0 Å². The molecule has 5 aliphatic rings. The highest BCUT2D eigenvalue weighted by Gasteiger charge is 2.57. The number of rotatable bonds is 10. The highest BCUT2D eigenvalue weighted by Crippen LogP contribution is 2.58. The molecule has 14 nitrogen and oxygen atoms in total. The Morgan fingerprint density at radius 2 is 1.27 bits per heavy atom. The van der Waals surface area contributed by atoms with Crippen LogP contribution in [0.4, 0.5) is 9.59 Å². The maximum Gasteiger partial charge on any atom is 0.407 e. The van der Waals surface area contributed by atoms with Crippen molar-refractivity contribution in [3.8, 4) is 23.1 Å². The monoisotopic (exact) mass is 816 g/mol. The van der Waals surface area contributed by atoms with Crippen LogP contribution in [0.25, 0.3) is 17.0 Å². The van der Waals surface area contributed by atoms with E-state index in [1.54, 1.807) is 0 Å². The first-order valence-corrected chi connectivity index (χ1v) is 21.1. The molecule has 8 rings (SSSR count). The Balaban J connectivity index is 0.888. The van der Waals surface area contributed by atoms with Gasteiger partial charge in [-0.05, 0) is 96.6 Å². The summed E-state index contributed by atoms with van der Waals surface area (Å²) in [5, 5.41) is 12.6. The van der Waals surface area contributed by atoms with Crippen LogP contribution in [0.5, 0.6) is 0 Å². The minimum absolute atomic E-state index is 0.0645. The van der Waals surface area contributed by atoms with Crippen molar-refractivity contribution in [3.63, 3.8) is 0 Å². The van der Waals surface area contributed by atoms with Crippen LogP contribution in [-0.2, 0) is 19.1 Å². The number of H-pyrrole nitrogens is 1. The SMILES string of the molecule is COC(=O)N[C@H](C(=O)N1CC2(CC2)CC1c1ncc(-c2ccc(C#Cc3ccc(C4=CNC(C5CC6(CC6)CN5C(=O)[C@@H](NC(=O)OC)C(C)C)N4)cc3)cc2)[nH]1)C(C)C. The van der Waals surface area contributed by atoms with Gasteiger partial charge < -0.3 is 45.5 Å². The number of hydrogen-bond acceptors (Lipinski definition) is 9. The molecule has 4 heterocycles. The summed E-state index contributed by atoms with van der Waals surface area (Å²) >= 11 is 0. The Kier molecular flexibility index (Phi) is 11.0. The summed E-state index contributed by atoms with van der Waals surface area (Å²) in [4.78, 5) is 63.9. The number of nitrogens with zero attached hydrogens (tertiary/aromatic N) is 3. The summed E-state index contributed by atoms with van der Waals surface area (Å²) < 4.78 is 9.62. The molecule has 2 aromatic carbocycles. The number of nitrogens with one attached hydrogen (secondary N) is 5. The summed E-state index contributed by atoms with van der Waals surface area (Å²) in [7, 11) is 2.61. The van der Waals surface area contributed by atoms with Crippen molar-refractivity contribution in [2.75, 3.05) is 27.3 Å². The lowest BCUT2D eigenvalue weighted by Crippen LogP contribution is -2.57. The summed E-state index contributed by atoms with van der Waals surface area (Å²) in [6, 6.07) is 14.5. The Morgan fingerprint density at radius 3 is 1.80 bits per heavy atom. The molecule has 5 N–H and O–H groups in total. The molecule has 4 fully saturated rings. The maximum atomic E-state index is 13.9. The van der Waals surface area contributed by atoms with Crippen LogP contribution in [0.15, 0.2) is 60.9 Å². The van der Waals surface area contributed by atoms with Crippen molar-refractivity contribution in [2.24, 2.45) is 22.7 Å². The van der Waals surface area contributed by atoms with E-state index in [0.29, 0.717) is 13.1 Å². The van der Waals surface area contributed by atoms with Crippen molar-refractivity contribution < 1.29 is 28.7 Å². The largest absolute Gasteiger partial charge is 0.453 e. The normalized spacial score (nSPS) is 22.7. The molecule has 3 aromatic rings. The second-order valence-electron chi connectivity index (χ2n) is 18.1. The number of ether oxygens (including phenoxy) is 2. The molecule has 60 heavy (non-hydrogen) atoms. The first-order valence-electron chi connectivity index (χ1n) is 21.1. The van der Waals surface area contributed by atoms with E-state index >= 15 is 0 Å². The van der Waals surface area contributed by atoms with E-state index < -0.39 is 24.3 Å². The van der Waals surface area contributed by atoms with Crippen molar-refractivity contribution in [1.82, 2.24) is 41.0 Å². The predicted octanol–water partition coefficient (Wildman–Crippen LogP) is 5.49. The van der Waals surface area contributed by atoms with Crippen LogP contribution in [0, 0.1) is 34.5 Å². The van der Waals surface area contributed by atoms with Crippen LogP contribution < -0.4 is 21.3 Å². The fraction of sp³-hybridized carbons (Fsp3) is 0.500. The van der Waals surface area contributed by atoms with E-state index in [1.165, 1.54) is 14.2 Å². The lowest BCUT2D eigenvalue weighted by atomic mass is 10.0. The number of hydrogen-bond donors (Lipinski definition) is 5. The van der Waals surface area contributed by atoms with Gasteiger partial charge in [-0.25, -0.2) is 14.6 Å². The molecular formula is C46H56N8O6. The molecular weight excluding hydrogens is 761 g/mol. The fourth-order valence-corrected chi connectivity index (χ4v) is 9.06. The summed E-state index contributed by atoms with van der Waals surface area (Å²) in [5.41, 5.74) is 5.83. The molecule has 3 unspecified atom stereocenters. The smallest absolute Gasteiger partial charge is 0.407 e. The van der Waals surface area contributed by atoms with Gasteiger partial charge in [0.25, 0.3) is 0 Å². The molecule has 316 valence electrons. The standard InChI is InChI=1S/C46H56N8O6/c1-27(2)37(51-43(57)59-5)41(55)53-25-45(17-18-45)21-35(53)39-47-23-33(49-39)31-13-9-29(10-14-31)7-8-30-11-15-32(16-12-30)34-24-48-40(50-34)36-22-46(19-20-46)26-54(36)42(56)38(28(3)4)52-44(58)60-6/h9-16,23-24,27-28,35-39,47,49H,17-22,25-26H2,1-6H3,(H,48,50)(H,51,57)(H,52,58)/t35?,36?,37-,38-,39?/m0/s1. The zero-order valence-electron chi connectivity index (χ0n) is 35.3. The third-order valence-corrected chi connectivity index (χ3v) is 13.1. The number of aromatic amines is 1. The van der Waals surface area contributed by atoms with E-state index in [-0.39, 0.29) is 52.7 Å². The van der Waals surface area contributed by atoms with Gasteiger partial charge in [0.1, 0.15) is 24.1 Å². The third-order valence-electron chi connectivity index (χ3n) is 13.1. The first kappa shape index (κ1) is 40.8. The number of carbonyl (C=O) groups excluding carboxylic acids is 4. The van der Waals surface area contributed by atoms with E-state index in [2.05, 4.69) is 38.1 Å². The molecule has 14 heteroatoms. The number of carbonyl (C=O) groups is 4. The second-order valence-corrected chi connectivity index (χ2v) is 18.1. The Bertz CT molecular complexity index is 2210. The van der Waals surface area contributed by atoms with Crippen molar-refractivity contribution in [2.45, 2.75) is 96.6 Å². The zero-order chi connectivity index (χ0) is 42.3. The van der Waals surface area contributed by atoms with Crippen molar-refractivity contribution in [1.29, 1.82) is 0 Å². The fourth-order valence-electron chi connectivity index (χ4n) is 9.06. The number of amides is 4. The summed E-state index contributed by atoms with van der Waals surface area (Å²) in [6.07, 6.45) is 8.56. The van der Waals surface area contributed by atoms with Gasteiger partial charge in [-0.15, -0.1) is 0 Å². The Labute approximate surface area is 351 Å². The quantitative estimate of drug-likeness (QED) is 0.166. The zero-order valence-corrected chi connectivity index (χ0v) is 35.3. The Hall–Kier alpha value is -5.97. The minimum atomic E-state index is -0.687. The minimum Gasteiger partial charge on any atom is -0.453 e. The molecule has 1 aromatic heterocycles. The van der Waals surface area contributed by atoms with Crippen LogP contribution >= 0.6 is 0 Å². The molecule has 3 aliphatic heterocycles. The topological polar surface area (TPSA) is 170 Å². The lowest BCUT2D eigenvalue weighted by Gasteiger charge is -2.34. The van der Waals surface area contributed by atoms with Crippen LogP contribution in [-0.4, -0.2) is 95.4 Å². The number of imidazole rings is 1. The van der Waals surface area contributed by atoms with E-state index in [0.717, 1.165) is 78.0 Å². The van der Waals surface area contributed by atoms with Crippen LogP contribution in [0.1, 0.15) is 94.8 Å². The number of benzene rings is 2. The van der Waals surface area contributed by atoms with Gasteiger partial charge in [-0.2, -0.15) is 0 Å². The van der Waals surface area contributed by atoms with Crippen molar-refractivity contribution in [3.05, 3.63) is 83.4 Å². The van der Waals surface area contributed by atoms with E-state index in [4.69, 9.17) is 14.5 Å². The van der Waals surface area contributed by atoms with Gasteiger partial charge in [0.05, 0.1) is 43.9 Å². The third kappa shape index (κ3) is 8.40. The summed E-state index contributed by atoms with van der Waals surface area (Å²) in [6.45, 7) is 9.05. The molecule has 0 bridgehead atoms. The summed E-state index contributed by atoms with van der Waals surface area (Å²) in [5.74, 6) is 6.94. The van der Waals surface area contributed by atoms with E-state index in [9.17, 15) is 19.2 Å². The number of aromatic nitrogens is 2. The highest BCUT2D eigenvalue weighted by atomic mass is 16.5. The Morgan fingerprint density at radius 1 is 0.750 bits per heavy atom. The lowest BCUT2D eigenvalue weighted by molar-refractivity contribution is -0.136. The van der Waals surface area contributed by atoms with Gasteiger partial charge in [0.2, 0.25) is 11.8 Å². The maximum absolute atomic E-state index is 13.9. The van der Waals surface area contributed by atoms with Gasteiger partial charge in [-0.3, -0.25) is 9.59 Å². The number of alkyl carbamates (subject to hydrolysis) is 2. The predicted molar refractivity (Wildman–Crippen MR) is 225 cm³/mol. The molecule has 5 atom stereocenters. The first-order chi connectivity index (χ1) is 28.8. The molecule has 2 spiro atoms. The van der Waals surface area contributed by atoms with Crippen LogP contribution in [0.3, 0.4) is 0 Å². The van der Waals surface area contributed by atoms with Gasteiger partial charge in [0, 0.05) is 30.4 Å². The van der Waals surface area contributed by atoms with E-state index in [1.807, 2.05) is 98.4 Å². The van der Waals surface area contributed by atoms with Gasteiger partial charge in [-0.1, -0.05) is 63.8 Å².